The van der Waals surface area contributed by atoms with Crippen LogP contribution >= 0.6 is 0 Å². The number of carboxylic acid groups (broad SMARTS) is 1. The van der Waals surface area contributed by atoms with E-state index in [1.165, 1.54) is 0 Å². The molecule has 0 aliphatic rings. The molecule has 18 heavy (non-hydrogen) atoms. The predicted octanol–water partition coefficient (Wildman–Crippen LogP) is 1.08. The van der Waals surface area contributed by atoms with Crippen LogP contribution in [0.25, 0.3) is 0 Å². The molecule has 1 amide bonds. The van der Waals surface area contributed by atoms with E-state index < -0.39 is 23.2 Å². The maximum Gasteiger partial charge on any atom is 0.316 e. The van der Waals surface area contributed by atoms with Crippen LogP contribution in [0.1, 0.15) is 32.0 Å². The summed E-state index contributed by atoms with van der Waals surface area (Å²) in [5.74, 6) is -2.65. The Morgan fingerprint density at radius 2 is 2.11 bits per heavy atom. The van der Waals surface area contributed by atoms with Gasteiger partial charge in [0.05, 0.1) is 6.20 Å². The molecule has 0 aliphatic carbocycles. The number of nitrogens with zero attached hydrogens (tertiary/aromatic N) is 1. The molecule has 1 aromatic heterocycles. The molecule has 1 rings (SSSR count). The number of hydrogen-bond acceptors (Lipinski definition) is 3. The van der Waals surface area contributed by atoms with E-state index in [0.717, 1.165) is 11.3 Å². The molecular formula is C12H19N3O3. The van der Waals surface area contributed by atoms with Crippen LogP contribution in [0.4, 0.5) is 0 Å². The Hall–Kier alpha value is -1.85. The minimum atomic E-state index is -1.11. The molecule has 1 aromatic rings. The van der Waals surface area contributed by atoms with Gasteiger partial charge in [-0.05, 0) is 12.3 Å². The molecule has 0 spiro atoms. The second-order valence-electron chi connectivity index (χ2n) is 5.38. The normalized spacial score (nSPS) is 13.1. The molecule has 6 nitrogen and oxygen atoms in total. The van der Waals surface area contributed by atoms with E-state index in [1.807, 2.05) is 6.92 Å². The summed E-state index contributed by atoms with van der Waals surface area (Å²) < 4.78 is 0. The number of amides is 1. The summed E-state index contributed by atoms with van der Waals surface area (Å²) in [6.07, 6.45) is 1.61. The smallest absolute Gasteiger partial charge is 0.316 e. The van der Waals surface area contributed by atoms with Crippen molar-refractivity contribution in [2.45, 2.75) is 34.2 Å². The summed E-state index contributed by atoms with van der Waals surface area (Å²) in [7, 11) is 0. The van der Waals surface area contributed by atoms with Crippen LogP contribution < -0.4 is 5.32 Å². The summed E-state index contributed by atoms with van der Waals surface area (Å²) in [6.45, 7) is 7.31. The summed E-state index contributed by atoms with van der Waals surface area (Å²) in [5, 5.41) is 18.3. The van der Waals surface area contributed by atoms with Gasteiger partial charge in [0.15, 0.2) is 0 Å². The van der Waals surface area contributed by atoms with E-state index >= 15 is 0 Å². The molecule has 6 heteroatoms. The zero-order valence-electron chi connectivity index (χ0n) is 11.1. The summed E-state index contributed by atoms with van der Waals surface area (Å²) in [6, 6.07) is 0. The Labute approximate surface area is 106 Å². The number of aryl methyl sites for hydroxylation is 1. The van der Waals surface area contributed by atoms with Gasteiger partial charge in [-0.15, -0.1) is 0 Å². The second kappa shape index (κ2) is 5.20. The average Bonchev–Trinajstić information content (AvgIpc) is 2.58. The van der Waals surface area contributed by atoms with Crippen molar-refractivity contribution in [2.24, 2.45) is 11.3 Å². The van der Waals surface area contributed by atoms with Crippen molar-refractivity contribution in [1.29, 1.82) is 0 Å². The maximum absolute atomic E-state index is 11.9. The number of hydrogen-bond donors (Lipinski definition) is 3. The highest BCUT2D eigenvalue weighted by atomic mass is 16.4. The van der Waals surface area contributed by atoms with Crippen molar-refractivity contribution >= 4 is 11.9 Å². The molecular weight excluding hydrogens is 234 g/mol. The van der Waals surface area contributed by atoms with Crippen LogP contribution in [0.5, 0.6) is 0 Å². The van der Waals surface area contributed by atoms with Gasteiger partial charge >= 0.3 is 5.97 Å². The standard InChI is InChI=1S/C12H19N3O3/c1-7-8(6-14-15-7)5-13-10(16)9(11(17)18)12(2,3)4/h6,9H,5H2,1-4H3,(H,13,16)(H,14,15)(H,17,18). The molecule has 0 saturated heterocycles. The van der Waals surface area contributed by atoms with Crippen molar-refractivity contribution in [3.05, 3.63) is 17.5 Å². The van der Waals surface area contributed by atoms with Crippen molar-refractivity contribution < 1.29 is 14.7 Å². The van der Waals surface area contributed by atoms with Crippen LogP contribution in [-0.4, -0.2) is 27.2 Å². The minimum absolute atomic E-state index is 0.279. The lowest BCUT2D eigenvalue weighted by molar-refractivity contribution is -0.151. The Balaban J connectivity index is 2.69. The molecule has 0 fully saturated rings. The highest BCUT2D eigenvalue weighted by molar-refractivity contribution is 5.97. The fourth-order valence-electron chi connectivity index (χ4n) is 1.71. The lowest BCUT2D eigenvalue weighted by Gasteiger charge is -2.25. The first-order chi connectivity index (χ1) is 8.23. The predicted molar refractivity (Wildman–Crippen MR) is 65.8 cm³/mol. The first kappa shape index (κ1) is 14.2. The summed E-state index contributed by atoms with van der Waals surface area (Å²) in [5.41, 5.74) is 1.08. The SMILES string of the molecule is Cc1[nH]ncc1CNC(=O)C(C(=O)O)C(C)(C)C. The summed E-state index contributed by atoms with van der Waals surface area (Å²) >= 11 is 0. The van der Waals surface area contributed by atoms with Gasteiger partial charge in [0.1, 0.15) is 5.92 Å². The van der Waals surface area contributed by atoms with Crippen LogP contribution in [0, 0.1) is 18.3 Å². The minimum Gasteiger partial charge on any atom is -0.481 e. The number of nitrogens with one attached hydrogen (secondary N) is 2. The van der Waals surface area contributed by atoms with Gasteiger partial charge in [0.2, 0.25) is 5.91 Å². The molecule has 3 N–H and O–H groups in total. The van der Waals surface area contributed by atoms with Gasteiger partial charge in [0.25, 0.3) is 0 Å². The Bertz CT molecular complexity index is 446. The van der Waals surface area contributed by atoms with Gasteiger partial charge in [0, 0.05) is 17.8 Å². The number of aliphatic carboxylic acids is 1. The van der Waals surface area contributed by atoms with Crippen LogP contribution in [0.3, 0.4) is 0 Å². The number of carbonyl (C=O) groups is 2. The van der Waals surface area contributed by atoms with Crippen LogP contribution in [0.2, 0.25) is 0 Å². The number of H-pyrrole nitrogens is 1. The van der Waals surface area contributed by atoms with Crippen molar-refractivity contribution in [1.82, 2.24) is 15.5 Å². The Morgan fingerprint density at radius 1 is 1.50 bits per heavy atom. The molecule has 1 atom stereocenters. The third kappa shape index (κ3) is 3.32. The lowest BCUT2D eigenvalue weighted by Crippen LogP contribution is -2.42. The zero-order valence-corrected chi connectivity index (χ0v) is 11.1. The molecule has 1 heterocycles. The molecule has 0 saturated carbocycles. The van der Waals surface area contributed by atoms with Crippen LogP contribution in [0.15, 0.2) is 6.20 Å². The van der Waals surface area contributed by atoms with E-state index in [9.17, 15) is 9.59 Å². The zero-order chi connectivity index (χ0) is 13.9. The van der Waals surface area contributed by atoms with Crippen molar-refractivity contribution in [2.75, 3.05) is 0 Å². The molecule has 0 radical (unpaired) electrons. The van der Waals surface area contributed by atoms with Crippen molar-refractivity contribution in [3.8, 4) is 0 Å². The molecule has 0 aliphatic heterocycles. The first-order valence-electron chi connectivity index (χ1n) is 5.73. The number of aromatic amines is 1. The van der Waals surface area contributed by atoms with E-state index in [1.54, 1.807) is 27.0 Å². The third-order valence-electron chi connectivity index (χ3n) is 2.76. The second-order valence-corrected chi connectivity index (χ2v) is 5.38. The Morgan fingerprint density at radius 3 is 2.50 bits per heavy atom. The maximum atomic E-state index is 11.9. The van der Waals surface area contributed by atoms with E-state index in [0.29, 0.717) is 0 Å². The van der Waals surface area contributed by atoms with E-state index in [2.05, 4.69) is 15.5 Å². The topological polar surface area (TPSA) is 95.1 Å². The third-order valence-corrected chi connectivity index (χ3v) is 2.76. The fourth-order valence-corrected chi connectivity index (χ4v) is 1.71. The molecule has 0 bridgehead atoms. The molecule has 100 valence electrons. The number of carbonyl (C=O) groups excluding carboxylic acids is 1. The van der Waals surface area contributed by atoms with E-state index in [4.69, 9.17) is 5.11 Å². The number of carboxylic acids is 1. The van der Waals surface area contributed by atoms with Gasteiger partial charge in [-0.3, -0.25) is 14.7 Å². The quantitative estimate of drug-likeness (QED) is 0.700. The van der Waals surface area contributed by atoms with Crippen molar-refractivity contribution in [3.63, 3.8) is 0 Å². The Kier molecular flexibility index (Phi) is 4.11. The molecule has 0 aromatic carbocycles. The van der Waals surface area contributed by atoms with Gasteiger partial charge in [-0.25, -0.2) is 0 Å². The fraction of sp³-hybridized carbons (Fsp3) is 0.583. The van der Waals surface area contributed by atoms with E-state index in [-0.39, 0.29) is 6.54 Å². The average molecular weight is 253 g/mol. The van der Waals surface area contributed by atoms with Gasteiger partial charge in [-0.2, -0.15) is 5.10 Å². The number of rotatable bonds is 4. The van der Waals surface area contributed by atoms with Gasteiger partial charge in [-0.1, -0.05) is 20.8 Å². The van der Waals surface area contributed by atoms with Gasteiger partial charge < -0.3 is 10.4 Å². The highest BCUT2D eigenvalue weighted by Crippen LogP contribution is 2.26. The lowest BCUT2D eigenvalue weighted by atomic mass is 9.80. The largest absolute Gasteiger partial charge is 0.481 e. The monoisotopic (exact) mass is 253 g/mol. The first-order valence-corrected chi connectivity index (χ1v) is 5.73. The highest BCUT2D eigenvalue weighted by Gasteiger charge is 2.37. The molecule has 1 unspecified atom stereocenters. The van der Waals surface area contributed by atoms with Crippen LogP contribution in [-0.2, 0) is 16.1 Å². The number of aromatic nitrogens is 2. The summed E-state index contributed by atoms with van der Waals surface area (Å²) in [4.78, 5) is 23.1.